The molecule has 1 aliphatic rings. The first-order chi connectivity index (χ1) is 8.69. The maximum atomic E-state index is 10.8. The molecule has 0 spiro atoms. The predicted octanol–water partition coefficient (Wildman–Crippen LogP) is 2.13. The quantitative estimate of drug-likeness (QED) is 0.868. The molecule has 1 unspecified atom stereocenters. The smallest absolute Gasteiger partial charge is 0.304 e. The van der Waals surface area contributed by atoms with Crippen molar-refractivity contribution < 1.29 is 14.6 Å². The molecule has 0 saturated carbocycles. The summed E-state index contributed by atoms with van der Waals surface area (Å²) in [7, 11) is 1.65. The second kappa shape index (κ2) is 5.87. The summed E-state index contributed by atoms with van der Waals surface area (Å²) >= 11 is 0. The molecule has 1 atom stereocenters. The molecule has 1 aromatic rings. The van der Waals surface area contributed by atoms with E-state index in [2.05, 4.69) is 4.90 Å². The molecule has 4 heteroatoms. The van der Waals surface area contributed by atoms with E-state index < -0.39 is 5.97 Å². The number of carbonyl (C=O) groups is 1. The zero-order chi connectivity index (χ0) is 13.0. The Kier molecular flexibility index (Phi) is 4.20. The third kappa shape index (κ3) is 3.23. The molecular formula is C14H19NO3. The van der Waals surface area contributed by atoms with Crippen LogP contribution in [0.3, 0.4) is 0 Å². The van der Waals surface area contributed by atoms with Gasteiger partial charge in [0.25, 0.3) is 0 Å². The van der Waals surface area contributed by atoms with E-state index in [-0.39, 0.29) is 12.5 Å². The molecule has 1 N–H and O–H groups in total. The molecule has 0 bridgehead atoms. The summed E-state index contributed by atoms with van der Waals surface area (Å²) in [5.41, 5.74) is 1.20. The minimum absolute atomic E-state index is 0.185. The van der Waals surface area contributed by atoms with E-state index in [0.717, 1.165) is 31.7 Å². The lowest BCUT2D eigenvalue weighted by atomic mass is 10.1. The van der Waals surface area contributed by atoms with Gasteiger partial charge in [-0.15, -0.1) is 0 Å². The van der Waals surface area contributed by atoms with Gasteiger partial charge in [0.2, 0.25) is 0 Å². The summed E-state index contributed by atoms with van der Waals surface area (Å²) < 4.78 is 5.12. The van der Waals surface area contributed by atoms with Gasteiger partial charge in [0.05, 0.1) is 13.5 Å². The van der Waals surface area contributed by atoms with Crippen molar-refractivity contribution in [1.29, 1.82) is 0 Å². The van der Waals surface area contributed by atoms with Crippen molar-refractivity contribution in [3.8, 4) is 5.75 Å². The molecular weight excluding hydrogens is 230 g/mol. The largest absolute Gasteiger partial charge is 0.497 e. The third-order valence-corrected chi connectivity index (χ3v) is 3.45. The van der Waals surface area contributed by atoms with Gasteiger partial charge in [-0.25, -0.2) is 0 Å². The van der Waals surface area contributed by atoms with Gasteiger partial charge in [-0.1, -0.05) is 12.1 Å². The minimum atomic E-state index is -0.707. The lowest BCUT2D eigenvalue weighted by Gasteiger charge is -2.23. The monoisotopic (exact) mass is 249 g/mol. The highest BCUT2D eigenvalue weighted by molar-refractivity contribution is 5.67. The van der Waals surface area contributed by atoms with E-state index in [1.165, 1.54) is 5.56 Å². The lowest BCUT2D eigenvalue weighted by molar-refractivity contribution is -0.138. The van der Waals surface area contributed by atoms with E-state index in [1.807, 2.05) is 24.3 Å². The minimum Gasteiger partial charge on any atom is -0.497 e. The molecule has 0 aliphatic carbocycles. The Balaban J connectivity index is 1.96. The molecule has 0 amide bonds. The van der Waals surface area contributed by atoms with Crippen LogP contribution in [0.25, 0.3) is 0 Å². The Bertz CT molecular complexity index is 402. The summed E-state index contributed by atoms with van der Waals surface area (Å²) in [5.74, 6) is 0.142. The Hall–Kier alpha value is -1.55. The van der Waals surface area contributed by atoms with Crippen LogP contribution in [-0.4, -0.2) is 35.7 Å². The van der Waals surface area contributed by atoms with Crippen LogP contribution in [-0.2, 0) is 11.3 Å². The van der Waals surface area contributed by atoms with Crippen LogP contribution in [0.2, 0.25) is 0 Å². The van der Waals surface area contributed by atoms with Gasteiger partial charge in [0.1, 0.15) is 5.75 Å². The summed E-state index contributed by atoms with van der Waals surface area (Å²) in [6.45, 7) is 1.81. The van der Waals surface area contributed by atoms with E-state index in [4.69, 9.17) is 9.84 Å². The summed E-state index contributed by atoms with van der Waals surface area (Å²) in [4.78, 5) is 13.1. The highest BCUT2D eigenvalue weighted by Gasteiger charge is 2.26. The number of hydrogen-bond donors (Lipinski definition) is 1. The molecule has 4 nitrogen and oxygen atoms in total. The lowest BCUT2D eigenvalue weighted by Crippen LogP contribution is -2.30. The van der Waals surface area contributed by atoms with Crippen LogP contribution in [0.4, 0.5) is 0 Å². The maximum absolute atomic E-state index is 10.8. The second-order valence-electron chi connectivity index (χ2n) is 4.71. The second-order valence-corrected chi connectivity index (χ2v) is 4.71. The summed E-state index contributed by atoms with van der Waals surface area (Å²) in [6, 6.07) is 8.14. The normalized spacial score (nSPS) is 19.9. The van der Waals surface area contributed by atoms with Gasteiger partial charge < -0.3 is 9.84 Å². The van der Waals surface area contributed by atoms with Crippen LogP contribution < -0.4 is 4.74 Å². The first-order valence-electron chi connectivity index (χ1n) is 6.28. The summed E-state index contributed by atoms with van der Waals surface area (Å²) in [5, 5.41) is 8.88. The fourth-order valence-electron chi connectivity index (χ4n) is 2.50. The number of carboxylic acid groups (broad SMARTS) is 1. The van der Waals surface area contributed by atoms with Gasteiger partial charge in [-0.3, -0.25) is 9.69 Å². The summed E-state index contributed by atoms with van der Waals surface area (Å²) in [6.07, 6.45) is 2.33. The third-order valence-electron chi connectivity index (χ3n) is 3.45. The van der Waals surface area contributed by atoms with Gasteiger partial charge >= 0.3 is 5.97 Å². The van der Waals surface area contributed by atoms with Crippen molar-refractivity contribution in [2.75, 3.05) is 13.7 Å². The van der Waals surface area contributed by atoms with Crippen LogP contribution >= 0.6 is 0 Å². The zero-order valence-corrected chi connectivity index (χ0v) is 10.6. The molecule has 1 fully saturated rings. The molecule has 98 valence electrons. The number of rotatable bonds is 5. The van der Waals surface area contributed by atoms with Crippen molar-refractivity contribution in [1.82, 2.24) is 4.90 Å². The van der Waals surface area contributed by atoms with Crippen LogP contribution in [0.15, 0.2) is 24.3 Å². The first kappa shape index (κ1) is 12.9. The highest BCUT2D eigenvalue weighted by atomic mass is 16.5. The van der Waals surface area contributed by atoms with Crippen LogP contribution in [0, 0.1) is 0 Å². The average molecular weight is 249 g/mol. The van der Waals surface area contributed by atoms with Crippen LogP contribution in [0.1, 0.15) is 24.8 Å². The number of benzene rings is 1. The first-order valence-corrected chi connectivity index (χ1v) is 6.28. The van der Waals surface area contributed by atoms with Gasteiger partial charge in [0, 0.05) is 12.6 Å². The van der Waals surface area contributed by atoms with E-state index >= 15 is 0 Å². The van der Waals surface area contributed by atoms with Crippen molar-refractivity contribution >= 4 is 5.97 Å². The van der Waals surface area contributed by atoms with E-state index in [1.54, 1.807) is 7.11 Å². The number of likely N-dealkylation sites (tertiary alicyclic amines) is 1. The number of hydrogen-bond acceptors (Lipinski definition) is 3. The van der Waals surface area contributed by atoms with E-state index in [9.17, 15) is 4.79 Å². The molecule has 1 aliphatic heterocycles. The molecule has 1 aromatic carbocycles. The van der Waals surface area contributed by atoms with Crippen molar-refractivity contribution in [3.63, 3.8) is 0 Å². The Morgan fingerprint density at radius 2 is 2.17 bits per heavy atom. The standard InChI is InChI=1S/C14H19NO3/c1-18-13-6-4-11(5-7-13)10-15-8-2-3-12(15)9-14(16)17/h4-7,12H,2-3,8-10H2,1H3,(H,16,17). The molecule has 0 radical (unpaired) electrons. The van der Waals surface area contributed by atoms with Gasteiger partial charge in [-0.05, 0) is 37.1 Å². The topological polar surface area (TPSA) is 49.8 Å². The number of carboxylic acids is 1. The predicted molar refractivity (Wildman–Crippen MR) is 68.7 cm³/mol. The van der Waals surface area contributed by atoms with Crippen LogP contribution in [0.5, 0.6) is 5.75 Å². The molecule has 2 rings (SSSR count). The maximum Gasteiger partial charge on any atom is 0.304 e. The molecule has 1 heterocycles. The van der Waals surface area contributed by atoms with Crippen molar-refractivity contribution in [2.24, 2.45) is 0 Å². The van der Waals surface area contributed by atoms with Crippen molar-refractivity contribution in [3.05, 3.63) is 29.8 Å². The van der Waals surface area contributed by atoms with Gasteiger partial charge in [-0.2, -0.15) is 0 Å². The average Bonchev–Trinajstić information content (AvgIpc) is 2.77. The number of aliphatic carboxylic acids is 1. The molecule has 0 aromatic heterocycles. The SMILES string of the molecule is COc1ccc(CN2CCCC2CC(=O)O)cc1. The van der Waals surface area contributed by atoms with Crippen molar-refractivity contribution in [2.45, 2.75) is 31.8 Å². The number of ether oxygens (including phenoxy) is 1. The Labute approximate surface area is 107 Å². The van der Waals surface area contributed by atoms with E-state index in [0.29, 0.717) is 0 Å². The Morgan fingerprint density at radius 3 is 2.78 bits per heavy atom. The number of methoxy groups -OCH3 is 1. The number of nitrogens with zero attached hydrogens (tertiary/aromatic N) is 1. The van der Waals surface area contributed by atoms with Gasteiger partial charge in [0.15, 0.2) is 0 Å². The zero-order valence-electron chi connectivity index (χ0n) is 10.6. The highest BCUT2D eigenvalue weighted by Crippen LogP contribution is 2.23. The fraction of sp³-hybridized carbons (Fsp3) is 0.500. The molecule has 18 heavy (non-hydrogen) atoms. The molecule has 1 saturated heterocycles. The fourth-order valence-corrected chi connectivity index (χ4v) is 2.50. The Morgan fingerprint density at radius 1 is 1.44 bits per heavy atom.